The quantitative estimate of drug-likeness (QED) is 0.833. The summed E-state index contributed by atoms with van der Waals surface area (Å²) in [5.74, 6) is 0.344. The van der Waals surface area contributed by atoms with E-state index in [-0.39, 0.29) is 0 Å². The fourth-order valence-electron chi connectivity index (χ4n) is 3.80. The number of benzene rings is 1. The number of hydrogen-bond donors (Lipinski definition) is 0. The Bertz CT molecular complexity index is 511. The molecule has 3 rings (SSSR count). The summed E-state index contributed by atoms with van der Waals surface area (Å²) >= 11 is 0. The lowest BCUT2D eigenvalue weighted by atomic mass is 10.1. The number of nitrogens with zero attached hydrogens (tertiary/aromatic N) is 2. The molecule has 0 aromatic heterocycles. The van der Waals surface area contributed by atoms with E-state index >= 15 is 0 Å². The van der Waals surface area contributed by atoms with Crippen molar-refractivity contribution in [3.05, 3.63) is 42.0 Å². The average Bonchev–Trinajstić information content (AvgIpc) is 2.82. The van der Waals surface area contributed by atoms with E-state index in [0.717, 1.165) is 26.1 Å². The third-order valence-corrected chi connectivity index (χ3v) is 4.87. The molecule has 0 saturated carbocycles. The van der Waals surface area contributed by atoms with E-state index in [0.29, 0.717) is 24.4 Å². The van der Waals surface area contributed by atoms with Gasteiger partial charge in [-0.2, -0.15) is 0 Å². The smallest absolute Gasteiger partial charge is 0.222 e. The van der Waals surface area contributed by atoms with Crippen molar-refractivity contribution >= 4 is 12.0 Å². The van der Waals surface area contributed by atoms with E-state index in [2.05, 4.69) is 46.2 Å². The van der Waals surface area contributed by atoms with Gasteiger partial charge in [-0.1, -0.05) is 49.4 Å². The molecule has 2 fully saturated rings. The Labute approximate surface area is 133 Å². The van der Waals surface area contributed by atoms with Gasteiger partial charge >= 0.3 is 0 Å². The Morgan fingerprint density at radius 3 is 2.50 bits per heavy atom. The van der Waals surface area contributed by atoms with Crippen LogP contribution in [0.5, 0.6) is 0 Å². The maximum Gasteiger partial charge on any atom is 0.222 e. The highest BCUT2D eigenvalue weighted by atomic mass is 16.2. The first-order valence-electron chi connectivity index (χ1n) is 8.53. The van der Waals surface area contributed by atoms with Crippen LogP contribution in [0.1, 0.15) is 38.2 Å². The minimum Gasteiger partial charge on any atom is -0.334 e. The van der Waals surface area contributed by atoms with Crippen LogP contribution in [0.25, 0.3) is 6.08 Å². The molecule has 2 heterocycles. The summed E-state index contributed by atoms with van der Waals surface area (Å²) in [4.78, 5) is 16.8. The molecule has 22 heavy (non-hydrogen) atoms. The molecular weight excluding hydrogens is 272 g/mol. The van der Waals surface area contributed by atoms with Gasteiger partial charge in [-0.25, -0.2) is 0 Å². The van der Waals surface area contributed by atoms with Crippen molar-refractivity contribution in [1.82, 2.24) is 9.80 Å². The zero-order valence-electron chi connectivity index (χ0n) is 13.4. The fourth-order valence-corrected chi connectivity index (χ4v) is 3.80. The maximum absolute atomic E-state index is 12.0. The average molecular weight is 298 g/mol. The monoisotopic (exact) mass is 298 g/mol. The second-order valence-corrected chi connectivity index (χ2v) is 6.40. The van der Waals surface area contributed by atoms with Crippen molar-refractivity contribution in [3.8, 4) is 0 Å². The highest BCUT2D eigenvalue weighted by Crippen LogP contribution is 2.30. The summed E-state index contributed by atoms with van der Waals surface area (Å²) in [6, 6.07) is 11.4. The van der Waals surface area contributed by atoms with E-state index in [1.54, 1.807) is 0 Å². The van der Waals surface area contributed by atoms with Crippen molar-refractivity contribution in [2.24, 2.45) is 0 Å². The number of carbonyl (C=O) groups is 1. The van der Waals surface area contributed by atoms with Crippen LogP contribution < -0.4 is 0 Å². The summed E-state index contributed by atoms with van der Waals surface area (Å²) in [5.41, 5.74) is 1.26. The van der Waals surface area contributed by atoms with Crippen LogP contribution in [0.2, 0.25) is 0 Å². The van der Waals surface area contributed by atoms with Gasteiger partial charge in [0.2, 0.25) is 5.91 Å². The Morgan fingerprint density at radius 1 is 1.18 bits per heavy atom. The highest BCUT2D eigenvalue weighted by molar-refractivity contribution is 5.77. The summed E-state index contributed by atoms with van der Waals surface area (Å²) in [6.45, 7) is 5.19. The normalized spacial score (nSPS) is 25.0. The van der Waals surface area contributed by atoms with Crippen LogP contribution in [0.15, 0.2) is 36.4 Å². The zero-order chi connectivity index (χ0) is 15.4. The summed E-state index contributed by atoms with van der Waals surface area (Å²) < 4.78 is 0. The van der Waals surface area contributed by atoms with Gasteiger partial charge in [0, 0.05) is 38.1 Å². The standard InChI is InChI=1S/C19H26N2O/c1-2-19(22)21-17-11-12-18(21)15-20(14-17)13-7-6-10-16-8-4-3-5-9-16/h3-6,8-10,17-18H,2,7,11-15H2,1H3/b10-6+. The van der Waals surface area contributed by atoms with Gasteiger partial charge in [-0.3, -0.25) is 9.69 Å². The second kappa shape index (κ2) is 7.10. The lowest BCUT2D eigenvalue weighted by molar-refractivity contribution is -0.136. The number of amides is 1. The van der Waals surface area contributed by atoms with Gasteiger partial charge in [0.05, 0.1) is 0 Å². The molecule has 1 aromatic rings. The predicted molar refractivity (Wildman–Crippen MR) is 90.5 cm³/mol. The molecule has 3 nitrogen and oxygen atoms in total. The van der Waals surface area contributed by atoms with Crippen LogP contribution in [0.3, 0.4) is 0 Å². The van der Waals surface area contributed by atoms with Crippen molar-refractivity contribution in [3.63, 3.8) is 0 Å². The first-order chi connectivity index (χ1) is 10.8. The zero-order valence-corrected chi connectivity index (χ0v) is 13.4. The molecule has 118 valence electrons. The Balaban J connectivity index is 1.48. The van der Waals surface area contributed by atoms with Crippen LogP contribution in [-0.2, 0) is 4.79 Å². The SMILES string of the molecule is CCC(=O)N1C2CCC1CN(CC/C=C/c1ccccc1)C2. The summed E-state index contributed by atoms with van der Waals surface area (Å²) in [6.07, 6.45) is 8.56. The Morgan fingerprint density at radius 2 is 1.86 bits per heavy atom. The van der Waals surface area contributed by atoms with Crippen molar-refractivity contribution in [1.29, 1.82) is 0 Å². The lowest BCUT2D eigenvalue weighted by Gasteiger charge is -2.41. The minimum atomic E-state index is 0.344. The summed E-state index contributed by atoms with van der Waals surface area (Å²) in [7, 11) is 0. The fraction of sp³-hybridized carbons (Fsp3) is 0.526. The number of carbonyl (C=O) groups excluding carboxylic acids is 1. The first kappa shape index (κ1) is 15.3. The lowest BCUT2D eigenvalue weighted by Crippen LogP contribution is -2.55. The van der Waals surface area contributed by atoms with E-state index in [4.69, 9.17) is 0 Å². The molecule has 0 aliphatic carbocycles. The van der Waals surface area contributed by atoms with E-state index in [9.17, 15) is 4.79 Å². The van der Waals surface area contributed by atoms with Gasteiger partial charge < -0.3 is 4.90 Å². The topological polar surface area (TPSA) is 23.6 Å². The molecule has 2 unspecified atom stereocenters. The third-order valence-electron chi connectivity index (χ3n) is 4.87. The predicted octanol–water partition coefficient (Wildman–Crippen LogP) is 3.18. The highest BCUT2D eigenvalue weighted by Gasteiger charge is 2.41. The molecule has 2 aliphatic heterocycles. The molecule has 0 radical (unpaired) electrons. The van der Waals surface area contributed by atoms with E-state index in [1.807, 2.05) is 13.0 Å². The van der Waals surface area contributed by atoms with Crippen LogP contribution in [0.4, 0.5) is 0 Å². The molecule has 2 atom stereocenters. The minimum absolute atomic E-state index is 0.344. The molecule has 3 heteroatoms. The Kier molecular flexibility index (Phi) is 4.94. The molecule has 0 N–H and O–H groups in total. The number of rotatable bonds is 5. The molecule has 2 bridgehead atoms. The second-order valence-electron chi connectivity index (χ2n) is 6.40. The Hall–Kier alpha value is -1.61. The van der Waals surface area contributed by atoms with Crippen LogP contribution in [0, 0.1) is 0 Å². The van der Waals surface area contributed by atoms with Gasteiger partial charge in [0.15, 0.2) is 0 Å². The number of piperazine rings is 1. The largest absolute Gasteiger partial charge is 0.334 e. The molecular formula is C19H26N2O. The molecule has 2 saturated heterocycles. The van der Waals surface area contributed by atoms with Gasteiger partial charge in [0.1, 0.15) is 0 Å². The third kappa shape index (κ3) is 3.41. The van der Waals surface area contributed by atoms with Crippen molar-refractivity contribution in [2.45, 2.75) is 44.7 Å². The van der Waals surface area contributed by atoms with Crippen molar-refractivity contribution < 1.29 is 4.79 Å². The van der Waals surface area contributed by atoms with Crippen molar-refractivity contribution in [2.75, 3.05) is 19.6 Å². The van der Waals surface area contributed by atoms with Gasteiger partial charge in [-0.15, -0.1) is 0 Å². The maximum atomic E-state index is 12.0. The van der Waals surface area contributed by atoms with Gasteiger partial charge in [0.25, 0.3) is 0 Å². The van der Waals surface area contributed by atoms with Gasteiger partial charge in [-0.05, 0) is 24.8 Å². The van der Waals surface area contributed by atoms with E-state index in [1.165, 1.54) is 18.4 Å². The van der Waals surface area contributed by atoms with Crippen LogP contribution >= 0.6 is 0 Å². The number of likely N-dealkylation sites (tertiary alicyclic amines) is 1. The number of fused-ring (bicyclic) bond motifs is 2. The molecule has 1 amide bonds. The first-order valence-corrected chi connectivity index (χ1v) is 8.53. The number of hydrogen-bond acceptors (Lipinski definition) is 2. The molecule has 1 aromatic carbocycles. The molecule has 0 spiro atoms. The molecule has 2 aliphatic rings. The summed E-state index contributed by atoms with van der Waals surface area (Å²) in [5, 5.41) is 0. The van der Waals surface area contributed by atoms with E-state index < -0.39 is 0 Å². The van der Waals surface area contributed by atoms with Crippen LogP contribution in [-0.4, -0.2) is 47.4 Å².